The van der Waals surface area contributed by atoms with E-state index in [1.807, 2.05) is 62.4 Å². The van der Waals surface area contributed by atoms with Crippen LogP contribution >= 0.6 is 11.6 Å². The fourth-order valence-electron chi connectivity index (χ4n) is 3.23. The lowest BCUT2D eigenvalue weighted by Crippen LogP contribution is -2.35. The van der Waals surface area contributed by atoms with Crippen LogP contribution < -0.4 is 4.74 Å². The maximum absolute atomic E-state index is 10.6. The first-order valence-corrected chi connectivity index (χ1v) is 9.74. The number of nitrogens with zero attached hydrogens (tertiary/aromatic N) is 1. The quantitative estimate of drug-likeness (QED) is 0.550. The molecule has 28 heavy (non-hydrogen) atoms. The molecule has 1 N–H and O–H groups in total. The van der Waals surface area contributed by atoms with Gasteiger partial charge in [-0.2, -0.15) is 0 Å². The number of aliphatic hydroxyl groups excluding tert-OH is 1. The molecule has 0 aliphatic heterocycles. The van der Waals surface area contributed by atoms with Crippen LogP contribution in [0.4, 0.5) is 0 Å². The third-order valence-corrected chi connectivity index (χ3v) is 4.79. The molecule has 2 aromatic carbocycles. The van der Waals surface area contributed by atoms with Crippen molar-refractivity contribution in [1.82, 2.24) is 4.90 Å². The van der Waals surface area contributed by atoms with Crippen LogP contribution in [-0.2, 0) is 13.1 Å². The van der Waals surface area contributed by atoms with E-state index in [0.29, 0.717) is 24.7 Å². The van der Waals surface area contributed by atoms with Crippen LogP contribution in [-0.4, -0.2) is 29.3 Å². The maximum Gasteiger partial charge on any atom is 0.119 e. The summed E-state index contributed by atoms with van der Waals surface area (Å²) < 4.78 is 11.3. The predicted molar refractivity (Wildman–Crippen MR) is 112 cm³/mol. The summed E-state index contributed by atoms with van der Waals surface area (Å²) in [4.78, 5) is 2.11. The highest BCUT2D eigenvalue weighted by Gasteiger charge is 2.16. The molecule has 0 saturated heterocycles. The van der Waals surface area contributed by atoms with Crippen LogP contribution in [0.2, 0.25) is 5.02 Å². The number of aryl methyl sites for hydroxylation is 2. The van der Waals surface area contributed by atoms with Crippen LogP contribution in [0, 0.1) is 13.8 Å². The first kappa shape index (κ1) is 20.5. The van der Waals surface area contributed by atoms with E-state index in [2.05, 4.69) is 11.0 Å². The zero-order valence-electron chi connectivity index (χ0n) is 16.3. The third kappa shape index (κ3) is 6.13. The molecular formula is C23H26ClNO3. The van der Waals surface area contributed by atoms with Crippen LogP contribution in [0.25, 0.3) is 0 Å². The van der Waals surface area contributed by atoms with Crippen molar-refractivity contribution < 1.29 is 14.3 Å². The first-order valence-electron chi connectivity index (χ1n) is 9.37. The Balaban J connectivity index is 1.63. The number of benzene rings is 2. The van der Waals surface area contributed by atoms with E-state index in [-0.39, 0.29) is 6.61 Å². The highest BCUT2D eigenvalue weighted by Crippen LogP contribution is 2.20. The summed E-state index contributed by atoms with van der Waals surface area (Å²) in [5.74, 6) is 1.62. The standard InChI is InChI=1S/C23H26ClNO3/c1-17-10-18(2)12-22(11-17)28-16-20(26)14-25(15-21-7-5-9-27-21)13-19-6-3-4-8-23(19)24/h3-12,20,26H,13-16H2,1-2H3. The van der Waals surface area contributed by atoms with E-state index in [0.717, 1.165) is 28.2 Å². The lowest BCUT2D eigenvalue weighted by Gasteiger charge is -2.25. The van der Waals surface area contributed by atoms with E-state index < -0.39 is 6.10 Å². The molecule has 0 amide bonds. The molecule has 1 heterocycles. The molecule has 1 aromatic heterocycles. The Bertz CT molecular complexity index is 859. The molecule has 1 unspecified atom stereocenters. The van der Waals surface area contributed by atoms with E-state index >= 15 is 0 Å². The van der Waals surface area contributed by atoms with Crippen molar-refractivity contribution in [3.05, 3.63) is 88.3 Å². The molecule has 0 bridgehead atoms. The van der Waals surface area contributed by atoms with Crippen molar-refractivity contribution in [2.45, 2.75) is 33.0 Å². The first-order chi connectivity index (χ1) is 13.5. The summed E-state index contributed by atoms with van der Waals surface area (Å²) >= 11 is 6.32. The normalized spacial score (nSPS) is 12.3. The molecule has 0 saturated carbocycles. The average Bonchev–Trinajstić information content (AvgIpc) is 3.14. The minimum Gasteiger partial charge on any atom is -0.491 e. The van der Waals surface area contributed by atoms with Crippen molar-refractivity contribution in [2.24, 2.45) is 0 Å². The topological polar surface area (TPSA) is 45.8 Å². The SMILES string of the molecule is Cc1cc(C)cc(OCC(O)CN(Cc2ccco2)Cc2ccccc2Cl)c1. The second kappa shape index (κ2) is 9.78. The lowest BCUT2D eigenvalue weighted by molar-refractivity contribution is 0.0604. The Hall–Kier alpha value is -2.27. The van der Waals surface area contributed by atoms with Gasteiger partial charge in [-0.1, -0.05) is 35.9 Å². The lowest BCUT2D eigenvalue weighted by atomic mass is 10.1. The number of ether oxygens (including phenoxy) is 1. The minimum atomic E-state index is -0.640. The van der Waals surface area contributed by atoms with Crippen LogP contribution in [0.3, 0.4) is 0 Å². The summed E-state index contributed by atoms with van der Waals surface area (Å²) in [5.41, 5.74) is 3.29. The van der Waals surface area contributed by atoms with Crippen LogP contribution in [0.1, 0.15) is 22.5 Å². The van der Waals surface area contributed by atoms with Gasteiger partial charge in [-0.15, -0.1) is 0 Å². The molecule has 3 rings (SSSR count). The van der Waals surface area contributed by atoms with Crippen molar-refractivity contribution >= 4 is 11.6 Å². The Kier molecular flexibility index (Phi) is 7.15. The Morgan fingerprint density at radius 3 is 2.46 bits per heavy atom. The number of hydrogen-bond acceptors (Lipinski definition) is 4. The summed E-state index contributed by atoms with van der Waals surface area (Å²) in [6.07, 6.45) is 1.01. The Morgan fingerprint density at radius 2 is 1.79 bits per heavy atom. The predicted octanol–water partition coefficient (Wildman–Crippen LogP) is 4.99. The van der Waals surface area contributed by atoms with E-state index in [4.69, 9.17) is 20.8 Å². The molecule has 0 radical (unpaired) electrons. The maximum atomic E-state index is 10.6. The Morgan fingerprint density at radius 1 is 1.04 bits per heavy atom. The molecule has 3 aromatic rings. The van der Waals surface area contributed by atoms with Gasteiger partial charge in [0.1, 0.15) is 24.2 Å². The van der Waals surface area contributed by atoms with Gasteiger partial charge in [0.25, 0.3) is 0 Å². The van der Waals surface area contributed by atoms with Gasteiger partial charge in [-0.3, -0.25) is 4.90 Å². The smallest absolute Gasteiger partial charge is 0.119 e. The molecule has 0 spiro atoms. The third-order valence-electron chi connectivity index (χ3n) is 4.42. The van der Waals surface area contributed by atoms with Gasteiger partial charge in [-0.05, 0) is 60.9 Å². The zero-order chi connectivity index (χ0) is 19.9. The van der Waals surface area contributed by atoms with Gasteiger partial charge < -0.3 is 14.3 Å². The summed E-state index contributed by atoms with van der Waals surface area (Å²) in [6, 6.07) is 17.6. The van der Waals surface area contributed by atoms with Gasteiger partial charge in [0, 0.05) is 18.1 Å². The van der Waals surface area contributed by atoms with E-state index in [1.165, 1.54) is 0 Å². The fraction of sp³-hybridized carbons (Fsp3) is 0.304. The van der Waals surface area contributed by atoms with Crippen molar-refractivity contribution in [3.63, 3.8) is 0 Å². The second-order valence-corrected chi connectivity index (χ2v) is 7.54. The van der Waals surface area contributed by atoms with Gasteiger partial charge in [0.05, 0.1) is 12.8 Å². The van der Waals surface area contributed by atoms with Gasteiger partial charge in [0.15, 0.2) is 0 Å². The number of rotatable bonds is 9. The number of furan rings is 1. The Labute approximate surface area is 171 Å². The van der Waals surface area contributed by atoms with Crippen molar-refractivity contribution in [1.29, 1.82) is 0 Å². The zero-order valence-corrected chi connectivity index (χ0v) is 17.0. The number of hydrogen-bond donors (Lipinski definition) is 1. The summed E-state index contributed by atoms with van der Waals surface area (Å²) in [5, 5.41) is 11.3. The molecule has 0 aliphatic rings. The van der Waals surface area contributed by atoms with Crippen LogP contribution in [0.5, 0.6) is 5.75 Å². The fourth-order valence-corrected chi connectivity index (χ4v) is 3.43. The second-order valence-electron chi connectivity index (χ2n) is 7.13. The summed E-state index contributed by atoms with van der Waals surface area (Å²) in [7, 11) is 0. The van der Waals surface area contributed by atoms with E-state index in [1.54, 1.807) is 6.26 Å². The van der Waals surface area contributed by atoms with Crippen LogP contribution in [0.15, 0.2) is 65.3 Å². The monoisotopic (exact) mass is 399 g/mol. The molecular weight excluding hydrogens is 374 g/mol. The molecule has 1 atom stereocenters. The van der Waals surface area contributed by atoms with Gasteiger partial charge in [0.2, 0.25) is 0 Å². The van der Waals surface area contributed by atoms with Gasteiger partial charge in [-0.25, -0.2) is 0 Å². The summed E-state index contributed by atoms with van der Waals surface area (Å²) in [6.45, 7) is 5.92. The largest absolute Gasteiger partial charge is 0.491 e. The van der Waals surface area contributed by atoms with E-state index in [9.17, 15) is 5.11 Å². The molecule has 148 valence electrons. The molecule has 5 heteroatoms. The van der Waals surface area contributed by atoms with Crippen molar-refractivity contribution in [2.75, 3.05) is 13.2 Å². The molecule has 0 fully saturated rings. The minimum absolute atomic E-state index is 0.222. The average molecular weight is 400 g/mol. The van der Waals surface area contributed by atoms with Crippen molar-refractivity contribution in [3.8, 4) is 5.75 Å². The molecule has 4 nitrogen and oxygen atoms in total. The number of halogens is 1. The molecule has 0 aliphatic carbocycles. The highest BCUT2D eigenvalue weighted by atomic mass is 35.5. The number of aliphatic hydroxyl groups is 1. The van der Waals surface area contributed by atoms with Gasteiger partial charge >= 0.3 is 0 Å². The highest BCUT2D eigenvalue weighted by molar-refractivity contribution is 6.31.